The van der Waals surface area contributed by atoms with E-state index in [0.717, 1.165) is 10.0 Å². The third kappa shape index (κ3) is 7.32. The van der Waals surface area contributed by atoms with Crippen molar-refractivity contribution in [3.05, 3.63) is 64.1 Å². The van der Waals surface area contributed by atoms with Crippen molar-refractivity contribution in [1.82, 2.24) is 5.43 Å². The molecule has 2 N–H and O–H groups in total. The predicted molar refractivity (Wildman–Crippen MR) is 110 cm³/mol. The van der Waals surface area contributed by atoms with Crippen LogP contribution in [0.4, 0.5) is 5.69 Å². The second kappa shape index (κ2) is 11.0. The summed E-state index contributed by atoms with van der Waals surface area (Å²) in [5.74, 6) is -0.849. The van der Waals surface area contributed by atoms with Crippen molar-refractivity contribution in [2.75, 3.05) is 12.4 Å². The highest BCUT2D eigenvalue weighted by Crippen LogP contribution is 2.16. The van der Waals surface area contributed by atoms with Crippen molar-refractivity contribution in [3.63, 3.8) is 0 Å². The maximum atomic E-state index is 11.9. The molecule has 0 aromatic heterocycles. The van der Waals surface area contributed by atoms with E-state index in [0.29, 0.717) is 17.7 Å². The number of anilines is 1. The maximum absolute atomic E-state index is 11.9. The molecule has 28 heavy (non-hydrogen) atoms. The van der Waals surface area contributed by atoms with Gasteiger partial charge in [0.05, 0.1) is 18.9 Å². The second-order valence-electron chi connectivity index (χ2n) is 5.82. The van der Waals surface area contributed by atoms with Crippen LogP contribution in [0.25, 0.3) is 0 Å². The number of rotatable bonds is 8. The van der Waals surface area contributed by atoms with Crippen LogP contribution in [0.5, 0.6) is 0 Å². The molecule has 0 saturated carbocycles. The van der Waals surface area contributed by atoms with Crippen LogP contribution in [0, 0.1) is 0 Å². The van der Waals surface area contributed by atoms with Gasteiger partial charge in [0.1, 0.15) is 0 Å². The zero-order valence-electron chi connectivity index (χ0n) is 15.3. The van der Waals surface area contributed by atoms with Crippen LogP contribution in [0.15, 0.2) is 58.1 Å². The molecule has 0 aliphatic rings. The molecule has 2 aromatic rings. The van der Waals surface area contributed by atoms with Gasteiger partial charge >= 0.3 is 5.97 Å². The van der Waals surface area contributed by atoms with Crippen molar-refractivity contribution < 1.29 is 19.1 Å². The topological polar surface area (TPSA) is 96.9 Å². The molecule has 0 unspecified atom stereocenters. The summed E-state index contributed by atoms with van der Waals surface area (Å²) >= 11 is 3.34. The Morgan fingerprint density at radius 3 is 2.46 bits per heavy atom. The molecule has 2 rings (SSSR count). The maximum Gasteiger partial charge on any atom is 0.337 e. The number of halogens is 1. The monoisotopic (exact) mass is 445 g/mol. The third-order valence-corrected chi connectivity index (χ3v) is 4.14. The first-order chi connectivity index (χ1) is 13.5. The van der Waals surface area contributed by atoms with Crippen LogP contribution in [0.1, 0.15) is 35.2 Å². The van der Waals surface area contributed by atoms with E-state index in [9.17, 15) is 14.4 Å². The van der Waals surface area contributed by atoms with Gasteiger partial charge in [-0.15, -0.1) is 0 Å². The van der Waals surface area contributed by atoms with Gasteiger partial charge < -0.3 is 10.1 Å². The summed E-state index contributed by atoms with van der Waals surface area (Å²) in [6.07, 6.45) is 2.30. The minimum Gasteiger partial charge on any atom is -0.465 e. The zero-order valence-corrected chi connectivity index (χ0v) is 16.9. The van der Waals surface area contributed by atoms with E-state index >= 15 is 0 Å². The fourth-order valence-corrected chi connectivity index (χ4v) is 2.66. The molecule has 146 valence electrons. The average Bonchev–Trinajstić information content (AvgIpc) is 2.68. The summed E-state index contributed by atoms with van der Waals surface area (Å²) in [6, 6.07) is 13.9. The summed E-state index contributed by atoms with van der Waals surface area (Å²) in [7, 11) is 1.32. The van der Waals surface area contributed by atoms with Gasteiger partial charge in [-0.1, -0.05) is 34.1 Å². The third-order valence-electron chi connectivity index (χ3n) is 3.65. The van der Waals surface area contributed by atoms with Crippen LogP contribution >= 0.6 is 15.9 Å². The van der Waals surface area contributed by atoms with Crippen LogP contribution in [-0.4, -0.2) is 31.1 Å². The Kier molecular flexibility index (Phi) is 8.36. The Morgan fingerprint density at radius 2 is 1.79 bits per heavy atom. The Balaban J connectivity index is 1.68. The second-order valence-corrected chi connectivity index (χ2v) is 6.73. The molecule has 0 radical (unpaired) electrons. The lowest BCUT2D eigenvalue weighted by Crippen LogP contribution is -2.18. The number of hydrogen-bond donors (Lipinski definition) is 2. The van der Waals surface area contributed by atoms with E-state index in [1.54, 1.807) is 36.4 Å². The summed E-state index contributed by atoms with van der Waals surface area (Å²) in [5.41, 5.74) is 4.27. The molecule has 0 spiro atoms. The van der Waals surface area contributed by atoms with E-state index in [1.807, 2.05) is 12.1 Å². The Hall–Kier alpha value is -3.00. The smallest absolute Gasteiger partial charge is 0.337 e. The fraction of sp³-hybridized carbons (Fsp3) is 0.200. The molecule has 0 atom stereocenters. The minimum atomic E-state index is -0.416. The average molecular weight is 446 g/mol. The Bertz CT molecular complexity index is 866. The molecule has 0 aliphatic heterocycles. The normalized spacial score (nSPS) is 10.5. The first-order valence-corrected chi connectivity index (χ1v) is 9.33. The molecule has 0 fully saturated rings. The van der Waals surface area contributed by atoms with Crippen molar-refractivity contribution in [1.29, 1.82) is 0 Å². The largest absolute Gasteiger partial charge is 0.465 e. The van der Waals surface area contributed by atoms with E-state index < -0.39 is 5.97 Å². The molecule has 7 nitrogen and oxygen atoms in total. The predicted octanol–water partition coefficient (Wildman–Crippen LogP) is 3.49. The first-order valence-electron chi connectivity index (χ1n) is 8.53. The molecule has 0 bridgehead atoms. The number of amides is 2. The van der Waals surface area contributed by atoms with Gasteiger partial charge in [0.2, 0.25) is 11.8 Å². The van der Waals surface area contributed by atoms with Gasteiger partial charge in [-0.3, -0.25) is 9.59 Å². The number of nitrogens with one attached hydrogen (secondary N) is 2. The number of esters is 1. The Labute approximate surface area is 171 Å². The lowest BCUT2D eigenvalue weighted by molar-refractivity contribution is -0.121. The zero-order chi connectivity index (χ0) is 20.4. The molecule has 2 aromatic carbocycles. The lowest BCUT2D eigenvalue weighted by Gasteiger charge is -2.05. The minimum absolute atomic E-state index is 0.153. The number of ether oxygens (including phenoxy) is 1. The van der Waals surface area contributed by atoms with Crippen LogP contribution < -0.4 is 10.7 Å². The van der Waals surface area contributed by atoms with Gasteiger partial charge in [-0.05, 0) is 42.3 Å². The van der Waals surface area contributed by atoms with Gasteiger partial charge in [0.25, 0.3) is 0 Å². The SMILES string of the molecule is COC(=O)c1ccc(/C=N\NC(=O)CCCC(=O)Nc2cccc(Br)c2)cc1. The molecule has 0 saturated heterocycles. The molecule has 0 aliphatic carbocycles. The van der Waals surface area contributed by atoms with Crippen molar-refractivity contribution in [3.8, 4) is 0 Å². The summed E-state index contributed by atoms with van der Waals surface area (Å²) in [6.45, 7) is 0. The number of carbonyl (C=O) groups is 3. The fourth-order valence-electron chi connectivity index (χ4n) is 2.26. The summed E-state index contributed by atoms with van der Waals surface area (Å²) in [5, 5.41) is 6.64. The van der Waals surface area contributed by atoms with E-state index in [1.165, 1.54) is 13.3 Å². The number of hydrazone groups is 1. The van der Waals surface area contributed by atoms with Crippen molar-refractivity contribution >= 4 is 45.6 Å². The standard InChI is InChI=1S/C20H20BrN3O4/c1-28-20(27)15-10-8-14(9-11-15)13-22-24-19(26)7-3-6-18(25)23-17-5-2-4-16(21)12-17/h2,4-5,8-13H,3,6-7H2,1H3,(H,23,25)(H,24,26)/b22-13-. The molecule has 8 heteroatoms. The quantitative estimate of drug-likeness (QED) is 0.369. The number of hydrogen-bond acceptors (Lipinski definition) is 5. The lowest BCUT2D eigenvalue weighted by atomic mass is 10.1. The number of benzene rings is 2. The molecule has 2 amide bonds. The van der Waals surface area contributed by atoms with Gasteiger partial charge in [0, 0.05) is 23.0 Å². The Morgan fingerprint density at radius 1 is 1.07 bits per heavy atom. The number of methoxy groups -OCH3 is 1. The highest BCUT2D eigenvalue weighted by atomic mass is 79.9. The van der Waals surface area contributed by atoms with E-state index in [2.05, 4.69) is 36.5 Å². The molecular formula is C20H20BrN3O4. The summed E-state index contributed by atoms with van der Waals surface area (Å²) in [4.78, 5) is 35.0. The van der Waals surface area contributed by atoms with Crippen LogP contribution in [-0.2, 0) is 14.3 Å². The van der Waals surface area contributed by atoms with E-state index in [-0.39, 0.29) is 24.7 Å². The van der Waals surface area contributed by atoms with Crippen molar-refractivity contribution in [2.45, 2.75) is 19.3 Å². The highest BCUT2D eigenvalue weighted by molar-refractivity contribution is 9.10. The number of carbonyl (C=O) groups excluding carboxylic acids is 3. The summed E-state index contributed by atoms with van der Waals surface area (Å²) < 4.78 is 5.50. The highest BCUT2D eigenvalue weighted by Gasteiger charge is 2.06. The molecule has 0 heterocycles. The van der Waals surface area contributed by atoms with Crippen LogP contribution in [0.3, 0.4) is 0 Å². The van der Waals surface area contributed by atoms with Gasteiger partial charge in [-0.2, -0.15) is 5.10 Å². The first kappa shape index (κ1) is 21.3. The van der Waals surface area contributed by atoms with Crippen molar-refractivity contribution in [2.24, 2.45) is 5.10 Å². The molecular weight excluding hydrogens is 426 g/mol. The number of nitrogens with zero attached hydrogens (tertiary/aromatic N) is 1. The van der Waals surface area contributed by atoms with Gasteiger partial charge in [-0.25, -0.2) is 10.2 Å². The van der Waals surface area contributed by atoms with E-state index in [4.69, 9.17) is 0 Å². The van der Waals surface area contributed by atoms with Crippen LogP contribution in [0.2, 0.25) is 0 Å². The van der Waals surface area contributed by atoms with Gasteiger partial charge in [0.15, 0.2) is 0 Å².